The van der Waals surface area contributed by atoms with Gasteiger partial charge in [-0.05, 0) is 37.5 Å². The predicted octanol–water partition coefficient (Wildman–Crippen LogP) is 4.14. The van der Waals surface area contributed by atoms with Crippen LogP contribution in [0.25, 0.3) is 5.69 Å². The lowest BCUT2D eigenvalue weighted by Gasteiger charge is -2.04. The summed E-state index contributed by atoms with van der Waals surface area (Å²) in [5.74, 6) is 0.583. The minimum absolute atomic E-state index is 0.000392. The zero-order valence-corrected chi connectivity index (χ0v) is 13.8. The Balaban J connectivity index is 1.48. The minimum atomic E-state index is 0.000392. The van der Waals surface area contributed by atoms with Gasteiger partial charge in [-0.1, -0.05) is 48.0 Å². The van der Waals surface area contributed by atoms with E-state index >= 15 is 0 Å². The van der Waals surface area contributed by atoms with Crippen LogP contribution in [0.15, 0.2) is 66.9 Å². The Morgan fingerprint density at radius 3 is 2.54 bits per heavy atom. The molecule has 0 fully saturated rings. The van der Waals surface area contributed by atoms with Crippen molar-refractivity contribution in [2.45, 2.75) is 26.2 Å². The van der Waals surface area contributed by atoms with Crippen molar-refractivity contribution in [1.82, 2.24) is 9.78 Å². The number of hydrogen-bond acceptors (Lipinski definition) is 2. The van der Waals surface area contributed by atoms with Crippen molar-refractivity contribution in [3.8, 4) is 5.69 Å². The highest BCUT2D eigenvalue weighted by molar-refractivity contribution is 5.89. The molecule has 0 unspecified atom stereocenters. The molecule has 0 aliphatic rings. The normalized spacial score (nSPS) is 10.5. The number of nitrogens with zero attached hydrogens (tertiary/aromatic N) is 2. The number of aryl methyl sites for hydroxylation is 2. The van der Waals surface area contributed by atoms with E-state index in [4.69, 9.17) is 0 Å². The monoisotopic (exact) mass is 319 g/mol. The van der Waals surface area contributed by atoms with Gasteiger partial charge in [0.1, 0.15) is 0 Å². The zero-order valence-electron chi connectivity index (χ0n) is 13.8. The second-order valence-corrected chi connectivity index (χ2v) is 5.87. The van der Waals surface area contributed by atoms with Crippen LogP contribution in [-0.2, 0) is 11.2 Å². The van der Waals surface area contributed by atoms with Crippen molar-refractivity contribution in [3.63, 3.8) is 0 Å². The lowest BCUT2D eigenvalue weighted by molar-refractivity contribution is -0.116. The van der Waals surface area contributed by atoms with Gasteiger partial charge < -0.3 is 5.32 Å². The molecule has 0 aliphatic carbocycles. The number of nitrogens with one attached hydrogen (secondary N) is 1. The van der Waals surface area contributed by atoms with Crippen LogP contribution in [0.4, 0.5) is 5.82 Å². The molecule has 0 bridgehead atoms. The van der Waals surface area contributed by atoms with E-state index in [1.807, 2.05) is 42.6 Å². The van der Waals surface area contributed by atoms with E-state index in [9.17, 15) is 4.79 Å². The van der Waals surface area contributed by atoms with Gasteiger partial charge in [0.2, 0.25) is 5.91 Å². The first kappa shape index (κ1) is 16.0. The third kappa shape index (κ3) is 4.32. The lowest BCUT2D eigenvalue weighted by atomic mass is 10.1. The zero-order chi connectivity index (χ0) is 16.8. The number of aromatic nitrogens is 2. The summed E-state index contributed by atoms with van der Waals surface area (Å²) in [6.45, 7) is 2.08. The molecule has 24 heavy (non-hydrogen) atoms. The average molecular weight is 319 g/mol. The second-order valence-electron chi connectivity index (χ2n) is 5.87. The number of amides is 1. The van der Waals surface area contributed by atoms with Crippen molar-refractivity contribution in [1.29, 1.82) is 0 Å². The lowest BCUT2D eigenvalue weighted by Crippen LogP contribution is -2.12. The molecule has 3 aromatic rings. The molecule has 4 heteroatoms. The van der Waals surface area contributed by atoms with Crippen LogP contribution in [0.2, 0.25) is 0 Å². The number of carbonyl (C=O) groups is 1. The first-order valence-electron chi connectivity index (χ1n) is 8.17. The van der Waals surface area contributed by atoms with Gasteiger partial charge in [0.25, 0.3) is 0 Å². The van der Waals surface area contributed by atoms with Crippen molar-refractivity contribution in [2.75, 3.05) is 5.32 Å². The summed E-state index contributed by atoms with van der Waals surface area (Å²) < 4.78 is 1.75. The molecule has 0 saturated carbocycles. The maximum atomic E-state index is 12.0. The number of para-hydroxylation sites is 1. The molecule has 0 spiro atoms. The Labute approximate surface area is 142 Å². The van der Waals surface area contributed by atoms with Gasteiger partial charge in [-0.3, -0.25) is 4.79 Å². The highest BCUT2D eigenvalue weighted by atomic mass is 16.1. The number of rotatable bonds is 6. The average Bonchev–Trinajstić information content (AvgIpc) is 3.06. The summed E-state index contributed by atoms with van der Waals surface area (Å²) in [6.07, 6.45) is 4.07. The summed E-state index contributed by atoms with van der Waals surface area (Å²) in [6, 6.07) is 20.1. The first-order chi connectivity index (χ1) is 11.7. The van der Waals surface area contributed by atoms with Crippen LogP contribution in [-0.4, -0.2) is 15.7 Å². The fourth-order valence-electron chi connectivity index (χ4n) is 2.53. The van der Waals surface area contributed by atoms with Crippen LogP contribution in [0, 0.1) is 6.92 Å². The molecule has 1 N–H and O–H groups in total. The standard InChI is InChI=1S/C20H21N3O/c1-16-10-12-17(13-11-16)6-5-9-20(24)21-19-14-15-23(22-19)18-7-3-2-4-8-18/h2-4,7-8,10-15H,5-6,9H2,1H3,(H,21,22,24). The molecule has 2 aromatic carbocycles. The molecule has 0 saturated heterocycles. The predicted molar refractivity (Wildman–Crippen MR) is 96.3 cm³/mol. The van der Waals surface area contributed by atoms with Crippen molar-refractivity contribution in [3.05, 3.63) is 78.0 Å². The largest absolute Gasteiger partial charge is 0.309 e. The number of benzene rings is 2. The van der Waals surface area contributed by atoms with Crippen molar-refractivity contribution < 1.29 is 4.79 Å². The van der Waals surface area contributed by atoms with Gasteiger partial charge in [-0.15, -0.1) is 0 Å². The molecular weight excluding hydrogens is 298 g/mol. The van der Waals surface area contributed by atoms with Crippen molar-refractivity contribution >= 4 is 11.7 Å². The number of hydrogen-bond donors (Lipinski definition) is 1. The van der Waals surface area contributed by atoms with Gasteiger partial charge in [0.05, 0.1) is 5.69 Å². The highest BCUT2D eigenvalue weighted by Crippen LogP contribution is 2.11. The van der Waals surface area contributed by atoms with Crippen LogP contribution in [0.3, 0.4) is 0 Å². The van der Waals surface area contributed by atoms with E-state index in [-0.39, 0.29) is 5.91 Å². The SMILES string of the molecule is Cc1ccc(CCCC(=O)Nc2ccn(-c3ccccc3)n2)cc1. The fourth-order valence-corrected chi connectivity index (χ4v) is 2.53. The van der Waals surface area contributed by atoms with Crippen LogP contribution >= 0.6 is 0 Å². The Bertz CT molecular complexity index is 791. The van der Waals surface area contributed by atoms with Gasteiger partial charge in [0.15, 0.2) is 5.82 Å². The number of anilines is 1. The Morgan fingerprint density at radius 1 is 1.04 bits per heavy atom. The molecule has 0 radical (unpaired) electrons. The Kier molecular flexibility index (Phi) is 5.06. The maximum absolute atomic E-state index is 12.0. The molecule has 1 aromatic heterocycles. The van der Waals surface area contributed by atoms with E-state index in [0.29, 0.717) is 12.2 Å². The quantitative estimate of drug-likeness (QED) is 0.742. The maximum Gasteiger partial charge on any atom is 0.225 e. The smallest absolute Gasteiger partial charge is 0.225 e. The third-order valence-electron chi connectivity index (χ3n) is 3.87. The molecule has 0 aliphatic heterocycles. The van der Waals surface area contributed by atoms with E-state index in [0.717, 1.165) is 18.5 Å². The van der Waals surface area contributed by atoms with E-state index in [2.05, 4.69) is 41.6 Å². The fraction of sp³-hybridized carbons (Fsp3) is 0.200. The summed E-state index contributed by atoms with van der Waals surface area (Å²) in [4.78, 5) is 12.0. The van der Waals surface area contributed by atoms with Gasteiger partial charge in [-0.25, -0.2) is 4.68 Å². The molecular formula is C20H21N3O. The van der Waals surface area contributed by atoms with Gasteiger partial charge in [0, 0.05) is 18.7 Å². The van der Waals surface area contributed by atoms with Crippen LogP contribution in [0.1, 0.15) is 24.0 Å². The molecule has 3 rings (SSSR count). The molecule has 1 amide bonds. The molecule has 1 heterocycles. The summed E-state index contributed by atoms with van der Waals surface area (Å²) >= 11 is 0. The van der Waals surface area contributed by atoms with Gasteiger partial charge in [-0.2, -0.15) is 5.10 Å². The summed E-state index contributed by atoms with van der Waals surface area (Å²) in [5.41, 5.74) is 3.49. The minimum Gasteiger partial charge on any atom is -0.309 e. The van der Waals surface area contributed by atoms with E-state index in [1.165, 1.54) is 11.1 Å². The van der Waals surface area contributed by atoms with Crippen LogP contribution in [0.5, 0.6) is 0 Å². The van der Waals surface area contributed by atoms with Crippen LogP contribution < -0.4 is 5.32 Å². The van der Waals surface area contributed by atoms with E-state index < -0.39 is 0 Å². The Morgan fingerprint density at radius 2 is 1.79 bits per heavy atom. The Hall–Kier alpha value is -2.88. The number of carbonyl (C=O) groups excluding carboxylic acids is 1. The highest BCUT2D eigenvalue weighted by Gasteiger charge is 2.06. The van der Waals surface area contributed by atoms with E-state index in [1.54, 1.807) is 4.68 Å². The topological polar surface area (TPSA) is 46.9 Å². The van der Waals surface area contributed by atoms with Gasteiger partial charge >= 0.3 is 0 Å². The second kappa shape index (κ2) is 7.59. The summed E-state index contributed by atoms with van der Waals surface area (Å²) in [7, 11) is 0. The molecule has 0 atom stereocenters. The summed E-state index contributed by atoms with van der Waals surface area (Å²) in [5, 5.41) is 7.24. The molecule has 122 valence electrons. The first-order valence-corrected chi connectivity index (χ1v) is 8.17. The third-order valence-corrected chi connectivity index (χ3v) is 3.87. The van der Waals surface area contributed by atoms with Crippen molar-refractivity contribution in [2.24, 2.45) is 0 Å². The molecule has 4 nitrogen and oxygen atoms in total.